The summed E-state index contributed by atoms with van der Waals surface area (Å²) in [6.45, 7) is 18.5. The van der Waals surface area contributed by atoms with Crippen molar-refractivity contribution in [3.63, 3.8) is 0 Å². The Balaban J connectivity index is 1.19. The fourth-order valence-corrected chi connectivity index (χ4v) is 11.9. The van der Waals surface area contributed by atoms with Crippen LogP contribution in [0.15, 0.2) is 177 Å². The highest BCUT2D eigenvalue weighted by molar-refractivity contribution is 6.74. The monoisotopic (exact) mass is 946 g/mol. The molecule has 0 N–H and O–H groups in total. The number of benzene rings is 6. The molecule has 2 bridgehead atoms. The van der Waals surface area contributed by atoms with E-state index in [0.29, 0.717) is 34.3 Å². The van der Waals surface area contributed by atoms with Gasteiger partial charge in [-0.1, -0.05) is 172 Å². The molecule has 5 atom stereocenters. The van der Waals surface area contributed by atoms with Crippen molar-refractivity contribution < 1.29 is 18.8 Å². The van der Waals surface area contributed by atoms with Crippen LogP contribution in [0.5, 0.6) is 17.4 Å². The summed E-state index contributed by atoms with van der Waals surface area (Å²) in [7, 11) is -2.33. The molecule has 0 saturated carbocycles. The Morgan fingerprint density at radius 1 is 0.783 bits per heavy atom. The first-order valence-electron chi connectivity index (χ1n) is 24.2. The van der Waals surface area contributed by atoms with Crippen molar-refractivity contribution in [1.82, 2.24) is 15.0 Å². The van der Waals surface area contributed by atoms with Crippen molar-refractivity contribution in [3.8, 4) is 62.1 Å². The Morgan fingerprint density at radius 2 is 1.38 bits per heavy atom. The number of hydrogen-bond donors (Lipinski definition) is 0. The predicted octanol–water partition coefficient (Wildman–Crippen LogP) is 14.5. The van der Waals surface area contributed by atoms with Gasteiger partial charge in [0.2, 0.25) is 5.88 Å². The lowest BCUT2D eigenvalue weighted by Crippen LogP contribution is -2.68. The first-order chi connectivity index (χ1) is 33.3. The van der Waals surface area contributed by atoms with Crippen molar-refractivity contribution in [2.45, 2.75) is 70.4 Å². The minimum atomic E-state index is -2.33. The van der Waals surface area contributed by atoms with Crippen LogP contribution in [0.3, 0.4) is 0 Å². The van der Waals surface area contributed by atoms with Crippen LogP contribution < -0.4 is 14.3 Å². The van der Waals surface area contributed by atoms with Gasteiger partial charge in [0.15, 0.2) is 11.9 Å². The summed E-state index contributed by atoms with van der Waals surface area (Å²) in [5, 5.41) is 14.4. The molecule has 9 heteroatoms. The molecule has 348 valence electrons. The summed E-state index contributed by atoms with van der Waals surface area (Å²) in [4.78, 5) is 14.9. The quantitative estimate of drug-likeness (QED) is 0.0496. The lowest BCUT2D eigenvalue weighted by molar-refractivity contribution is -0.984. The molecule has 3 aliphatic rings. The van der Waals surface area contributed by atoms with E-state index < -0.39 is 14.4 Å². The molecule has 0 spiro atoms. The second-order valence-electron chi connectivity index (χ2n) is 20.5. The number of hydrogen-bond acceptors (Lipinski definition) is 6. The molecule has 7 nitrogen and oxygen atoms in total. The molecule has 8 aromatic rings. The third-order valence-electron chi connectivity index (χ3n) is 15.2. The zero-order valence-electron chi connectivity index (χ0n) is 40.1. The first-order valence-corrected chi connectivity index (χ1v) is 27.5. The van der Waals surface area contributed by atoms with Crippen LogP contribution in [0.2, 0.25) is 23.3 Å². The summed E-state index contributed by atoms with van der Waals surface area (Å²) < 4.78 is 15.9. The molecule has 3 saturated heterocycles. The van der Waals surface area contributed by atoms with Crippen LogP contribution in [0.25, 0.3) is 55.7 Å². The molecule has 0 amide bonds. The number of nitrogens with zero attached hydrogens (tertiary/aromatic N) is 4. The van der Waals surface area contributed by atoms with Crippen LogP contribution in [0, 0.1) is 11.8 Å². The van der Waals surface area contributed by atoms with Crippen LogP contribution in [0.4, 0.5) is 0 Å². The van der Waals surface area contributed by atoms with E-state index in [0.717, 1.165) is 92.6 Å². The predicted molar refractivity (Wildman–Crippen MR) is 282 cm³/mol. The Labute approximate surface area is 412 Å². The molecule has 0 aliphatic carbocycles. The Bertz CT molecular complexity index is 3070. The van der Waals surface area contributed by atoms with Gasteiger partial charge in [0.05, 0.1) is 24.2 Å². The largest absolute Gasteiger partial charge is 0.872 e. The summed E-state index contributed by atoms with van der Waals surface area (Å²) in [6.07, 6.45) is 5.37. The highest BCUT2D eigenvalue weighted by atomic mass is 35.5. The normalized spacial score (nSPS) is 19.5. The van der Waals surface area contributed by atoms with Crippen molar-refractivity contribution in [2.75, 3.05) is 13.1 Å². The number of aromatic nitrogens is 3. The third kappa shape index (κ3) is 9.09. The van der Waals surface area contributed by atoms with E-state index in [-0.39, 0.29) is 16.8 Å². The van der Waals surface area contributed by atoms with Crippen LogP contribution >= 0.6 is 11.6 Å². The SMILES string of the molecule is C=C[C@H]1C[N@+]2(Cc3cc(-c4ccccc4)c(O[Si](C)(C)C(C)(C)C)c(-c4ccccc4)c3)CC[C@H]1C[C@@H]2[C@@H](Oc1nc(-c2ccccc2)nc(Cl)c1-c1ccccc1)c1ccnc2ccc([O-])cc12. The maximum Gasteiger partial charge on any atom is 0.250 e. The molecule has 5 heterocycles. The van der Waals surface area contributed by atoms with E-state index in [2.05, 4.69) is 119 Å². The summed E-state index contributed by atoms with van der Waals surface area (Å²) in [5.41, 5.74) is 9.54. The maximum absolute atomic E-state index is 13.3. The fourth-order valence-electron chi connectivity index (χ4n) is 10.6. The van der Waals surface area contributed by atoms with E-state index in [1.165, 1.54) is 5.56 Å². The first kappa shape index (κ1) is 46.2. The maximum atomic E-state index is 13.3. The second kappa shape index (κ2) is 18.7. The van der Waals surface area contributed by atoms with Crippen molar-refractivity contribution in [1.29, 1.82) is 0 Å². The molecular formula is C60H59ClN4O3Si. The zero-order valence-corrected chi connectivity index (χ0v) is 41.9. The van der Waals surface area contributed by atoms with Gasteiger partial charge in [0.1, 0.15) is 23.5 Å². The van der Waals surface area contributed by atoms with Gasteiger partial charge in [-0.2, -0.15) is 4.98 Å². The number of piperidine rings is 3. The van der Waals surface area contributed by atoms with Gasteiger partial charge in [-0.15, -0.1) is 12.3 Å². The highest BCUT2D eigenvalue weighted by Crippen LogP contribution is 2.52. The molecular weight excluding hydrogens is 888 g/mol. The van der Waals surface area contributed by atoms with Crippen LogP contribution in [0.1, 0.15) is 50.8 Å². The average molecular weight is 948 g/mol. The van der Waals surface area contributed by atoms with Gasteiger partial charge in [0, 0.05) is 58.2 Å². The number of halogens is 1. The van der Waals surface area contributed by atoms with Gasteiger partial charge in [-0.3, -0.25) is 4.98 Å². The molecule has 69 heavy (non-hydrogen) atoms. The highest BCUT2D eigenvalue weighted by Gasteiger charge is 2.55. The second-order valence-corrected chi connectivity index (χ2v) is 25.6. The number of ether oxygens (including phenoxy) is 1. The topological polar surface area (TPSA) is 80.2 Å². The van der Waals surface area contributed by atoms with E-state index >= 15 is 0 Å². The van der Waals surface area contributed by atoms with Crippen molar-refractivity contribution in [2.24, 2.45) is 11.8 Å². The van der Waals surface area contributed by atoms with E-state index in [4.69, 9.17) is 35.7 Å². The summed E-state index contributed by atoms with van der Waals surface area (Å²) in [6, 6.07) is 53.1. The van der Waals surface area contributed by atoms with Crippen molar-refractivity contribution >= 4 is 30.8 Å². The van der Waals surface area contributed by atoms with Crippen LogP contribution in [-0.4, -0.2) is 46.9 Å². The number of rotatable bonds is 13. The molecule has 0 radical (unpaired) electrons. The average Bonchev–Trinajstić information content (AvgIpc) is 3.36. The number of quaternary nitrogens is 1. The van der Waals surface area contributed by atoms with Gasteiger partial charge in [-0.05, 0) is 65.0 Å². The Hall–Kier alpha value is -6.58. The molecule has 11 rings (SSSR count). The van der Waals surface area contributed by atoms with E-state index in [1.807, 2.05) is 79.0 Å². The molecule has 6 aromatic carbocycles. The molecule has 3 fully saturated rings. The lowest BCUT2D eigenvalue weighted by atomic mass is 9.71. The minimum absolute atomic E-state index is 0.0216. The van der Waals surface area contributed by atoms with Gasteiger partial charge >= 0.3 is 0 Å². The van der Waals surface area contributed by atoms with Gasteiger partial charge in [-0.25, -0.2) is 4.98 Å². The molecule has 3 aliphatic heterocycles. The summed E-state index contributed by atoms with van der Waals surface area (Å²) in [5.74, 6) is 2.41. The Morgan fingerprint density at radius 3 is 1.97 bits per heavy atom. The summed E-state index contributed by atoms with van der Waals surface area (Å²) >= 11 is 7.29. The van der Waals surface area contributed by atoms with Crippen LogP contribution in [-0.2, 0) is 6.54 Å². The van der Waals surface area contributed by atoms with E-state index in [9.17, 15) is 5.11 Å². The Kier molecular flexibility index (Phi) is 12.5. The minimum Gasteiger partial charge on any atom is -0.872 e. The number of fused-ring (bicyclic) bond motifs is 4. The molecule has 2 aromatic heterocycles. The smallest absolute Gasteiger partial charge is 0.250 e. The standard InChI is InChI=1S/C60H59ClN4O3Si/c1-7-41-39-65(38-40-34-49(42-20-12-8-13-21-42)55(68-69(5,6)60(2,3)4)50(35-40)43-22-14-9-15-23-43)33-31-46(41)36-53(65)56(48-30-32-62-52-29-28-47(66)37-51(48)52)67-59-54(44-24-16-10-17-25-44)57(61)63-58(64-59)45-26-18-11-19-27-45/h7-30,32,34-35,37,41,46,53,56H,1,31,33,36,38-39H2,2-6H3/t41-,46-,53+,56-,65+/m0/s1. The fraction of sp³-hybridized carbons (Fsp3) is 0.250. The van der Waals surface area contributed by atoms with Gasteiger partial charge in [0.25, 0.3) is 8.32 Å². The van der Waals surface area contributed by atoms with Crippen molar-refractivity contribution in [3.05, 3.63) is 193 Å². The van der Waals surface area contributed by atoms with Gasteiger partial charge < -0.3 is 18.8 Å². The molecule has 0 unspecified atom stereocenters. The zero-order chi connectivity index (χ0) is 47.9. The third-order valence-corrected chi connectivity index (χ3v) is 19.8. The van der Waals surface area contributed by atoms with E-state index in [1.54, 1.807) is 12.1 Å². The lowest BCUT2D eigenvalue weighted by Gasteiger charge is -2.58. The number of pyridine rings is 1.